The lowest BCUT2D eigenvalue weighted by molar-refractivity contribution is 0.135. The van der Waals surface area contributed by atoms with E-state index in [-0.39, 0.29) is 0 Å². The molecule has 0 aromatic carbocycles. The van der Waals surface area contributed by atoms with E-state index in [9.17, 15) is 0 Å². The van der Waals surface area contributed by atoms with Crippen molar-refractivity contribution in [1.82, 2.24) is 0 Å². The van der Waals surface area contributed by atoms with Gasteiger partial charge in [0, 0.05) is 0 Å². The van der Waals surface area contributed by atoms with Crippen LogP contribution in [0.3, 0.4) is 0 Å². The Kier molecular flexibility index (Phi) is 1.76. The molecule has 2 atom stereocenters. The van der Waals surface area contributed by atoms with Gasteiger partial charge in [-0.15, -0.1) is 0 Å². The third kappa shape index (κ3) is 0.774. The van der Waals surface area contributed by atoms with E-state index in [1.807, 2.05) is 0 Å². The van der Waals surface area contributed by atoms with Crippen molar-refractivity contribution < 1.29 is 0 Å². The molecule has 2 spiro atoms. The van der Waals surface area contributed by atoms with E-state index in [2.05, 4.69) is 42.4 Å². The van der Waals surface area contributed by atoms with Gasteiger partial charge in [0.2, 0.25) is 0 Å². The lowest BCUT2D eigenvalue weighted by Crippen LogP contribution is -2.43. The fraction of sp³-hybridized carbons (Fsp3) is 1.00. The summed E-state index contributed by atoms with van der Waals surface area (Å²) in [7, 11) is 4.51. The Labute approximate surface area is 107 Å². The van der Waals surface area contributed by atoms with Gasteiger partial charge in [0.05, 0.1) is 4.08 Å². The maximum absolute atomic E-state index is 2.62. The van der Waals surface area contributed by atoms with Crippen LogP contribution in [0, 0.1) is 22.2 Å². The van der Waals surface area contributed by atoms with Gasteiger partial charge in [0.25, 0.3) is 0 Å². The highest BCUT2D eigenvalue weighted by Crippen LogP contribution is 2.94. The molecule has 0 N–H and O–H groups in total. The molecule has 1 aliphatic heterocycles. The second-order valence-corrected chi connectivity index (χ2v) is 10.1. The van der Waals surface area contributed by atoms with Gasteiger partial charge in [-0.2, -0.15) is 0 Å². The number of hydrogen-bond donors (Lipinski definition) is 0. The molecular weight excluding hydrogens is 232 g/mol. The minimum atomic E-state index is 0.591. The second-order valence-electron chi connectivity index (χ2n) is 7.29. The van der Waals surface area contributed by atoms with E-state index in [1.165, 1.54) is 38.5 Å². The summed E-state index contributed by atoms with van der Waals surface area (Å²) in [4.78, 5) is 0. The Morgan fingerprint density at radius 2 is 1.56 bits per heavy atom. The highest BCUT2D eigenvalue weighted by atomic mass is 33.2. The fourth-order valence-electron chi connectivity index (χ4n) is 5.91. The molecule has 90 valence electrons. The van der Waals surface area contributed by atoms with Crippen molar-refractivity contribution in [2.24, 2.45) is 22.2 Å². The van der Waals surface area contributed by atoms with E-state index in [0.717, 1.165) is 11.3 Å². The number of rotatable bonds is 0. The summed E-state index contributed by atoms with van der Waals surface area (Å²) in [5.74, 6) is 1.02. The van der Waals surface area contributed by atoms with Crippen LogP contribution in [0.1, 0.15) is 59.3 Å². The van der Waals surface area contributed by atoms with Crippen LogP contribution in [0.25, 0.3) is 0 Å². The van der Waals surface area contributed by atoms with Crippen LogP contribution < -0.4 is 0 Å². The zero-order valence-corrected chi connectivity index (χ0v) is 12.3. The quantitative estimate of drug-likeness (QED) is 0.436. The topological polar surface area (TPSA) is 0 Å². The number of fused-ring (bicyclic) bond motifs is 5. The molecule has 16 heavy (non-hydrogen) atoms. The highest BCUT2D eigenvalue weighted by Gasteiger charge is 2.85. The van der Waals surface area contributed by atoms with Crippen molar-refractivity contribution in [2.45, 2.75) is 63.4 Å². The molecular formula is C14H22S2. The third-order valence-electron chi connectivity index (χ3n) is 7.02. The third-order valence-corrected chi connectivity index (χ3v) is 10.7. The molecule has 0 unspecified atom stereocenters. The van der Waals surface area contributed by atoms with Gasteiger partial charge >= 0.3 is 0 Å². The highest BCUT2D eigenvalue weighted by molar-refractivity contribution is 8.93. The Bertz CT molecular complexity index is 350. The van der Waals surface area contributed by atoms with Crippen molar-refractivity contribution in [3.8, 4) is 0 Å². The molecule has 3 aliphatic carbocycles. The molecule has 4 rings (SSSR count). The first-order chi connectivity index (χ1) is 7.50. The van der Waals surface area contributed by atoms with Crippen LogP contribution in [0.5, 0.6) is 0 Å². The van der Waals surface area contributed by atoms with E-state index in [4.69, 9.17) is 0 Å². The van der Waals surface area contributed by atoms with Crippen LogP contribution in [-0.4, -0.2) is 4.08 Å². The SMILES string of the molecule is CC1(C)[C@@H]2CC[C@@]1(C)C1(SS1)C21CCCC1. The molecule has 4 fully saturated rings. The molecule has 0 nitrogen and oxygen atoms in total. The Hall–Kier alpha value is 0.700. The van der Waals surface area contributed by atoms with Crippen LogP contribution >= 0.6 is 21.6 Å². The molecule has 0 aromatic rings. The Morgan fingerprint density at radius 3 is 2.12 bits per heavy atom. The van der Waals surface area contributed by atoms with Gasteiger partial charge in [-0.05, 0) is 47.8 Å². The van der Waals surface area contributed by atoms with Crippen molar-refractivity contribution in [3.05, 3.63) is 0 Å². The molecule has 1 saturated heterocycles. The first-order valence-electron chi connectivity index (χ1n) is 6.87. The van der Waals surface area contributed by atoms with Gasteiger partial charge in [0.1, 0.15) is 0 Å². The van der Waals surface area contributed by atoms with Crippen LogP contribution in [0.2, 0.25) is 0 Å². The van der Waals surface area contributed by atoms with Gasteiger partial charge in [-0.25, -0.2) is 0 Å². The van der Waals surface area contributed by atoms with Gasteiger partial charge in [0.15, 0.2) is 0 Å². The van der Waals surface area contributed by atoms with Crippen LogP contribution in [-0.2, 0) is 0 Å². The summed E-state index contributed by atoms with van der Waals surface area (Å²) in [5, 5.41) is 0. The van der Waals surface area contributed by atoms with E-state index < -0.39 is 0 Å². The van der Waals surface area contributed by atoms with Crippen LogP contribution in [0.4, 0.5) is 0 Å². The first-order valence-corrected chi connectivity index (χ1v) is 9.02. The average Bonchev–Trinajstić information content (AvgIpc) is 2.82. The minimum Gasteiger partial charge on any atom is -0.0727 e. The van der Waals surface area contributed by atoms with Crippen molar-refractivity contribution in [3.63, 3.8) is 0 Å². The lowest BCUT2D eigenvalue weighted by Gasteiger charge is -2.43. The lowest BCUT2D eigenvalue weighted by atomic mass is 9.68. The van der Waals surface area contributed by atoms with E-state index in [0.29, 0.717) is 14.9 Å². The van der Waals surface area contributed by atoms with Crippen LogP contribution in [0.15, 0.2) is 0 Å². The smallest absolute Gasteiger partial charge is 0.0727 e. The monoisotopic (exact) mass is 254 g/mol. The predicted molar refractivity (Wildman–Crippen MR) is 73.4 cm³/mol. The predicted octanol–water partition coefficient (Wildman–Crippen LogP) is 5.09. The zero-order valence-electron chi connectivity index (χ0n) is 10.6. The zero-order chi connectivity index (χ0) is 11.2. The van der Waals surface area contributed by atoms with Crippen molar-refractivity contribution in [2.75, 3.05) is 0 Å². The fourth-order valence-corrected chi connectivity index (χ4v) is 10.5. The summed E-state index contributed by atoms with van der Waals surface area (Å²) in [5.41, 5.74) is 1.94. The largest absolute Gasteiger partial charge is 0.0935 e. The average molecular weight is 254 g/mol. The second kappa shape index (κ2) is 2.66. The van der Waals surface area contributed by atoms with Gasteiger partial charge < -0.3 is 0 Å². The molecule has 2 bridgehead atoms. The summed E-state index contributed by atoms with van der Waals surface area (Å²) in [6.07, 6.45) is 9.10. The molecule has 1 heterocycles. The minimum absolute atomic E-state index is 0.591. The maximum atomic E-state index is 2.62. The molecule has 2 heteroatoms. The Morgan fingerprint density at radius 1 is 0.938 bits per heavy atom. The normalized spacial score (nSPS) is 49.3. The van der Waals surface area contributed by atoms with Gasteiger partial charge in [-0.3, -0.25) is 0 Å². The van der Waals surface area contributed by atoms with Crippen molar-refractivity contribution in [1.29, 1.82) is 0 Å². The molecule has 0 radical (unpaired) electrons. The summed E-state index contributed by atoms with van der Waals surface area (Å²) in [6, 6.07) is 0. The molecule has 0 aromatic heterocycles. The summed E-state index contributed by atoms with van der Waals surface area (Å²) in [6.45, 7) is 7.78. The maximum Gasteiger partial charge on any atom is 0.0935 e. The Balaban J connectivity index is 1.93. The first kappa shape index (κ1) is 10.6. The van der Waals surface area contributed by atoms with E-state index >= 15 is 0 Å². The van der Waals surface area contributed by atoms with Gasteiger partial charge in [-0.1, -0.05) is 55.2 Å². The number of hydrogen-bond acceptors (Lipinski definition) is 2. The molecule has 4 aliphatic rings. The molecule has 3 saturated carbocycles. The van der Waals surface area contributed by atoms with E-state index in [1.54, 1.807) is 0 Å². The summed E-state index contributed by atoms with van der Waals surface area (Å²) < 4.78 is 0.642. The standard InChI is InChI=1S/C14H22S2/c1-11(2)10-6-9-12(11,3)14(15-16-14)13(10)7-4-5-8-13/h10H,4-9H2,1-3H3/t10-,12+/m0/s1. The van der Waals surface area contributed by atoms with Crippen molar-refractivity contribution >= 4 is 21.6 Å². The summed E-state index contributed by atoms with van der Waals surface area (Å²) >= 11 is 0. The molecule has 0 amide bonds.